The Morgan fingerprint density at radius 2 is 1.69 bits per heavy atom. The van der Waals surface area contributed by atoms with Crippen molar-refractivity contribution in [3.63, 3.8) is 0 Å². The van der Waals surface area contributed by atoms with Crippen LogP contribution >= 0.6 is 0 Å². The number of carbonyl (C=O) groups excluding carboxylic acids is 1. The molecule has 150 valence electrons. The molecule has 6 heteroatoms. The van der Waals surface area contributed by atoms with E-state index >= 15 is 0 Å². The fourth-order valence-electron chi connectivity index (χ4n) is 3.29. The second-order valence-electron chi connectivity index (χ2n) is 7.19. The lowest BCUT2D eigenvalue weighted by Gasteiger charge is -2.17. The summed E-state index contributed by atoms with van der Waals surface area (Å²) >= 11 is 0. The number of primary amides is 1. The summed E-state index contributed by atoms with van der Waals surface area (Å²) in [6, 6.07) is 20.0. The molecule has 0 aliphatic rings. The molecule has 1 unspecified atom stereocenters. The van der Waals surface area contributed by atoms with Crippen molar-refractivity contribution in [3.05, 3.63) is 93.5 Å². The quantitative estimate of drug-likeness (QED) is 0.522. The molecule has 0 saturated heterocycles. The van der Waals surface area contributed by atoms with Gasteiger partial charge in [-0.2, -0.15) is 0 Å². The van der Waals surface area contributed by atoms with Gasteiger partial charge in [0.25, 0.3) is 11.5 Å². The average molecular weight is 390 g/mol. The lowest BCUT2D eigenvalue weighted by molar-refractivity contribution is 0.0999. The molecule has 1 atom stereocenters. The van der Waals surface area contributed by atoms with Gasteiger partial charge in [0.15, 0.2) is 0 Å². The number of hydrogen-bond acceptors (Lipinski definition) is 4. The van der Waals surface area contributed by atoms with Crippen molar-refractivity contribution in [2.45, 2.75) is 38.6 Å². The molecule has 4 N–H and O–H groups in total. The molecule has 6 nitrogen and oxygen atoms in total. The molecule has 1 heterocycles. The van der Waals surface area contributed by atoms with Crippen LogP contribution in [0.5, 0.6) is 0 Å². The number of anilines is 1. The molecule has 0 fully saturated rings. The third-order valence-electron chi connectivity index (χ3n) is 4.76. The van der Waals surface area contributed by atoms with E-state index < -0.39 is 11.5 Å². The lowest BCUT2D eigenvalue weighted by atomic mass is 10.1. The van der Waals surface area contributed by atoms with Crippen molar-refractivity contribution >= 4 is 11.7 Å². The van der Waals surface area contributed by atoms with Gasteiger partial charge in [-0.1, -0.05) is 60.7 Å². The number of nitrogens with two attached hydrogens (primary N) is 1. The molecule has 3 rings (SSSR count). The highest BCUT2D eigenvalue weighted by Crippen LogP contribution is 2.14. The molecule has 2 aromatic carbocycles. The number of rotatable bonds is 9. The summed E-state index contributed by atoms with van der Waals surface area (Å²) in [6.07, 6.45) is 3.28. The van der Waals surface area contributed by atoms with Gasteiger partial charge in [-0.25, -0.2) is 4.98 Å². The number of aromatic amines is 1. The van der Waals surface area contributed by atoms with Crippen LogP contribution in [0.3, 0.4) is 0 Å². The van der Waals surface area contributed by atoms with Gasteiger partial charge in [0, 0.05) is 12.5 Å². The second-order valence-corrected chi connectivity index (χ2v) is 7.19. The summed E-state index contributed by atoms with van der Waals surface area (Å²) in [5.74, 6) is -0.0476. The molecule has 0 aliphatic heterocycles. The molecule has 0 radical (unpaired) electrons. The summed E-state index contributed by atoms with van der Waals surface area (Å²) in [5.41, 5.74) is 7.09. The molecule has 3 aromatic rings. The van der Waals surface area contributed by atoms with E-state index in [0.717, 1.165) is 24.8 Å². The lowest BCUT2D eigenvalue weighted by Crippen LogP contribution is -2.30. The minimum absolute atomic E-state index is 0.0377. The summed E-state index contributed by atoms with van der Waals surface area (Å²) in [5, 5.41) is 3.21. The maximum atomic E-state index is 12.4. The van der Waals surface area contributed by atoms with E-state index in [2.05, 4.69) is 27.4 Å². The Bertz CT molecular complexity index is 1000. The van der Waals surface area contributed by atoms with Gasteiger partial charge in [0.1, 0.15) is 17.2 Å². The van der Waals surface area contributed by atoms with Gasteiger partial charge in [-0.3, -0.25) is 9.59 Å². The maximum absolute atomic E-state index is 12.4. The van der Waals surface area contributed by atoms with E-state index in [9.17, 15) is 9.59 Å². The SMILES string of the molecule is CC(CCCc1ccccc1)Nc1nc(Cc2ccccc2)[nH]c(=O)c1C(N)=O. The average Bonchev–Trinajstić information content (AvgIpc) is 2.69. The van der Waals surface area contributed by atoms with Gasteiger partial charge in [-0.05, 0) is 37.3 Å². The van der Waals surface area contributed by atoms with Gasteiger partial charge < -0.3 is 16.0 Å². The predicted octanol–water partition coefficient (Wildman–Crippen LogP) is 3.28. The summed E-state index contributed by atoms with van der Waals surface area (Å²) in [6.45, 7) is 2.01. The number of benzene rings is 2. The van der Waals surface area contributed by atoms with Crippen LogP contribution in [0.15, 0.2) is 65.5 Å². The normalized spacial score (nSPS) is 11.8. The van der Waals surface area contributed by atoms with Crippen molar-refractivity contribution in [3.8, 4) is 0 Å². The summed E-state index contributed by atoms with van der Waals surface area (Å²) in [7, 11) is 0. The van der Waals surface area contributed by atoms with Crippen molar-refractivity contribution in [1.29, 1.82) is 0 Å². The first-order valence-electron chi connectivity index (χ1n) is 9.80. The van der Waals surface area contributed by atoms with Crippen LogP contribution in [-0.4, -0.2) is 21.9 Å². The fourth-order valence-corrected chi connectivity index (χ4v) is 3.29. The van der Waals surface area contributed by atoms with Gasteiger partial charge in [-0.15, -0.1) is 0 Å². The second kappa shape index (κ2) is 9.68. The van der Waals surface area contributed by atoms with E-state index in [1.54, 1.807) is 0 Å². The van der Waals surface area contributed by atoms with Crippen molar-refractivity contribution in [1.82, 2.24) is 9.97 Å². The number of hydrogen-bond donors (Lipinski definition) is 3. The Labute approximate surface area is 170 Å². The number of nitrogens with one attached hydrogen (secondary N) is 2. The van der Waals surface area contributed by atoms with Crippen molar-refractivity contribution in [2.24, 2.45) is 5.73 Å². The van der Waals surface area contributed by atoms with Crippen molar-refractivity contribution < 1.29 is 4.79 Å². The topological polar surface area (TPSA) is 101 Å². The molecule has 0 spiro atoms. The Morgan fingerprint density at radius 1 is 1.07 bits per heavy atom. The molecular formula is C23H26N4O2. The Kier molecular flexibility index (Phi) is 6.79. The minimum atomic E-state index is -0.788. The number of aryl methyl sites for hydroxylation is 1. The van der Waals surface area contributed by atoms with E-state index in [4.69, 9.17) is 5.73 Å². The van der Waals surface area contributed by atoms with E-state index in [1.165, 1.54) is 5.56 Å². The van der Waals surface area contributed by atoms with Gasteiger partial charge in [0.2, 0.25) is 0 Å². The van der Waals surface area contributed by atoms with E-state index in [-0.39, 0.29) is 17.4 Å². The van der Waals surface area contributed by atoms with Crippen molar-refractivity contribution in [2.75, 3.05) is 5.32 Å². The van der Waals surface area contributed by atoms with E-state index in [1.807, 2.05) is 55.5 Å². The maximum Gasteiger partial charge on any atom is 0.265 e. The Morgan fingerprint density at radius 3 is 2.31 bits per heavy atom. The standard InChI is InChI=1S/C23H26N4O2/c1-16(9-8-14-17-10-4-2-5-11-17)25-22-20(21(24)28)23(29)27-19(26-22)15-18-12-6-3-7-13-18/h2-7,10-13,16H,8-9,14-15H2,1H3,(H2,24,28)(H2,25,26,27,29). The molecule has 0 aliphatic carbocycles. The molecule has 29 heavy (non-hydrogen) atoms. The van der Waals surface area contributed by atoms with Crippen LogP contribution < -0.4 is 16.6 Å². The van der Waals surface area contributed by atoms with Crippen LogP contribution in [0.4, 0.5) is 5.82 Å². The highest BCUT2D eigenvalue weighted by molar-refractivity contribution is 5.97. The number of nitrogens with zero attached hydrogens (tertiary/aromatic N) is 1. The van der Waals surface area contributed by atoms with Crippen LogP contribution in [0.2, 0.25) is 0 Å². The third kappa shape index (κ3) is 5.78. The molecular weight excluding hydrogens is 364 g/mol. The highest BCUT2D eigenvalue weighted by atomic mass is 16.2. The first-order chi connectivity index (χ1) is 14.0. The van der Waals surface area contributed by atoms with Crippen LogP contribution in [0, 0.1) is 0 Å². The number of aromatic nitrogens is 2. The molecule has 0 saturated carbocycles. The summed E-state index contributed by atoms with van der Waals surface area (Å²) < 4.78 is 0. The minimum Gasteiger partial charge on any atom is -0.367 e. The van der Waals surface area contributed by atoms with Crippen LogP contribution in [0.1, 0.15) is 47.1 Å². The zero-order valence-corrected chi connectivity index (χ0v) is 16.5. The highest BCUT2D eigenvalue weighted by Gasteiger charge is 2.18. The molecule has 1 amide bonds. The Balaban J connectivity index is 1.71. The number of amides is 1. The van der Waals surface area contributed by atoms with Gasteiger partial charge >= 0.3 is 0 Å². The monoisotopic (exact) mass is 390 g/mol. The number of carbonyl (C=O) groups is 1. The van der Waals surface area contributed by atoms with Crippen LogP contribution in [0.25, 0.3) is 0 Å². The van der Waals surface area contributed by atoms with E-state index in [0.29, 0.717) is 12.2 Å². The molecule has 1 aromatic heterocycles. The zero-order chi connectivity index (χ0) is 20.6. The fraction of sp³-hybridized carbons (Fsp3) is 0.261. The largest absolute Gasteiger partial charge is 0.367 e. The predicted molar refractivity (Wildman–Crippen MR) is 115 cm³/mol. The number of H-pyrrole nitrogens is 1. The first-order valence-corrected chi connectivity index (χ1v) is 9.80. The Hall–Kier alpha value is -3.41. The molecule has 0 bridgehead atoms. The third-order valence-corrected chi connectivity index (χ3v) is 4.76. The first kappa shape index (κ1) is 20.3. The summed E-state index contributed by atoms with van der Waals surface area (Å²) in [4.78, 5) is 31.4. The zero-order valence-electron chi connectivity index (χ0n) is 16.5. The van der Waals surface area contributed by atoms with Crippen LogP contribution in [-0.2, 0) is 12.8 Å². The van der Waals surface area contributed by atoms with Gasteiger partial charge in [0.05, 0.1) is 0 Å². The smallest absolute Gasteiger partial charge is 0.265 e.